The molecule has 1 aliphatic heterocycles. The number of hydrogen-bond acceptors (Lipinski definition) is 5. The van der Waals surface area contributed by atoms with Gasteiger partial charge in [0.25, 0.3) is 5.88 Å². The van der Waals surface area contributed by atoms with E-state index < -0.39 is 11.4 Å². The molecule has 1 atom stereocenters. The number of amides is 1. The summed E-state index contributed by atoms with van der Waals surface area (Å²) in [5.41, 5.74) is 5.46. The van der Waals surface area contributed by atoms with Crippen LogP contribution in [0.5, 0.6) is 11.6 Å². The SMILES string of the molecule is CCc1cnc2c(c1)ON(C(C)(C(N)=O)C(C)C)O2. The van der Waals surface area contributed by atoms with Gasteiger partial charge < -0.3 is 15.4 Å². The van der Waals surface area contributed by atoms with Gasteiger partial charge in [-0.15, -0.1) is 0 Å². The van der Waals surface area contributed by atoms with Gasteiger partial charge in [-0.05, 0) is 30.9 Å². The van der Waals surface area contributed by atoms with Crippen molar-refractivity contribution in [2.75, 3.05) is 0 Å². The summed E-state index contributed by atoms with van der Waals surface area (Å²) in [4.78, 5) is 27.0. The third-order valence-electron chi connectivity index (χ3n) is 3.64. The summed E-state index contributed by atoms with van der Waals surface area (Å²) in [6.07, 6.45) is 2.57. The molecular weight excluding hydrogens is 246 g/mol. The van der Waals surface area contributed by atoms with Crippen LogP contribution in [0.4, 0.5) is 0 Å². The van der Waals surface area contributed by atoms with E-state index in [0.29, 0.717) is 11.6 Å². The van der Waals surface area contributed by atoms with Crippen molar-refractivity contribution >= 4 is 5.91 Å². The second kappa shape index (κ2) is 4.70. The number of carbonyl (C=O) groups is 1. The lowest BCUT2D eigenvalue weighted by Gasteiger charge is -2.34. The molecule has 0 saturated heterocycles. The minimum atomic E-state index is -1.06. The Morgan fingerprint density at radius 2 is 2.21 bits per heavy atom. The van der Waals surface area contributed by atoms with E-state index in [9.17, 15) is 4.79 Å². The fourth-order valence-corrected chi connectivity index (χ4v) is 1.76. The van der Waals surface area contributed by atoms with Crippen molar-refractivity contribution in [3.63, 3.8) is 0 Å². The monoisotopic (exact) mass is 265 g/mol. The maximum Gasteiger partial charge on any atom is 0.287 e. The highest BCUT2D eigenvalue weighted by molar-refractivity contribution is 5.84. The largest absolute Gasteiger partial charge is 0.368 e. The molecule has 0 bridgehead atoms. The van der Waals surface area contributed by atoms with E-state index in [1.807, 2.05) is 26.8 Å². The average Bonchev–Trinajstić information content (AvgIpc) is 2.79. The fraction of sp³-hybridized carbons (Fsp3) is 0.538. The van der Waals surface area contributed by atoms with Gasteiger partial charge in [-0.1, -0.05) is 20.8 Å². The summed E-state index contributed by atoms with van der Waals surface area (Å²) in [6.45, 7) is 7.47. The van der Waals surface area contributed by atoms with Crippen molar-refractivity contribution < 1.29 is 14.5 Å². The first kappa shape index (κ1) is 13.6. The predicted octanol–water partition coefficient (Wildman–Crippen LogP) is 1.45. The Balaban J connectivity index is 2.30. The number of aryl methyl sites for hydroxylation is 1. The molecule has 0 spiro atoms. The van der Waals surface area contributed by atoms with Crippen LogP contribution in [-0.4, -0.2) is 21.7 Å². The zero-order chi connectivity index (χ0) is 14.2. The quantitative estimate of drug-likeness (QED) is 0.891. The molecule has 19 heavy (non-hydrogen) atoms. The van der Waals surface area contributed by atoms with Gasteiger partial charge in [-0.3, -0.25) is 4.79 Å². The Kier molecular flexibility index (Phi) is 3.36. The second-order valence-corrected chi connectivity index (χ2v) is 5.11. The lowest BCUT2D eigenvalue weighted by atomic mass is 9.88. The first-order valence-corrected chi connectivity index (χ1v) is 6.34. The van der Waals surface area contributed by atoms with E-state index in [1.54, 1.807) is 13.1 Å². The van der Waals surface area contributed by atoms with E-state index in [0.717, 1.165) is 17.2 Å². The van der Waals surface area contributed by atoms with Crippen molar-refractivity contribution in [2.24, 2.45) is 11.7 Å². The second-order valence-electron chi connectivity index (χ2n) is 5.11. The molecule has 2 rings (SSSR count). The van der Waals surface area contributed by atoms with Gasteiger partial charge in [0.15, 0.2) is 5.54 Å². The van der Waals surface area contributed by atoms with E-state index in [-0.39, 0.29) is 5.92 Å². The highest BCUT2D eigenvalue weighted by Crippen LogP contribution is 2.37. The normalized spacial score (nSPS) is 17.5. The van der Waals surface area contributed by atoms with Gasteiger partial charge in [0.1, 0.15) is 0 Å². The van der Waals surface area contributed by atoms with E-state index in [4.69, 9.17) is 15.4 Å². The molecule has 1 aromatic rings. The number of nitrogens with two attached hydrogens (primary N) is 1. The maximum atomic E-state index is 11.7. The Labute approximate surface area is 112 Å². The van der Waals surface area contributed by atoms with Crippen LogP contribution in [0.2, 0.25) is 0 Å². The number of aromatic nitrogens is 1. The molecule has 2 N–H and O–H groups in total. The van der Waals surface area contributed by atoms with Crippen molar-refractivity contribution in [3.05, 3.63) is 17.8 Å². The molecule has 1 aromatic heterocycles. The number of fused-ring (bicyclic) bond motifs is 1. The highest BCUT2D eigenvalue weighted by Gasteiger charge is 2.48. The van der Waals surface area contributed by atoms with Crippen LogP contribution in [0.1, 0.15) is 33.3 Å². The molecule has 0 aromatic carbocycles. The zero-order valence-corrected chi connectivity index (χ0v) is 11.6. The number of hydroxylamine groups is 2. The molecule has 2 heterocycles. The van der Waals surface area contributed by atoms with Crippen LogP contribution in [0.3, 0.4) is 0 Å². The highest BCUT2D eigenvalue weighted by atomic mass is 17.0. The van der Waals surface area contributed by atoms with Crippen LogP contribution >= 0.6 is 0 Å². The van der Waals surface area contributed by atoms with Gasteiger partial charge >= 0.3 is 0 Å². The van der Waals surface area contributed by atoms with E-state index in [1.165, 1.54) is 0 Å². The Bertz CT molecular complexity index is 504. The zero-order valence-electron chi connectivity index (χ0n) is 11.6. The summed E-state index contributed by atoms with van der Waals surface area (Å²) in [5.74, 6) is 0.272. The van der Waals surface area contributed by atoms with Crippen LogP contribution in [0.15, 0.2) is 12.3 Å². The molecule has 0 radical (unpaired) electrons. The Hall–Kier alpha value is -1.82. The average molecular weight is 265 g/mol. The Morgan fingerprint density at radius 1 is 1.53 bits per heavy atom. The third-order valence-corrected chi connectivity index (χ3v) is 3.64. The molecular formula is C13H19N3O3. The number of carbonyl (C=O) groups excluding carboxylic acids is 1. The third kappa shape index (κ3) is 2.12. The molecule has 104 valence electrons. The van der Waals surface area contributed by atoms with Gasteiger partial charge in [0.05, 0.1) is 0 Å². The summed E-state index contributed by atoms with van der Waals surface area (Å²) in [6, 6.07) is 1.85. The van der Waals surface area contributed by atoms with E-state index >= 15 is 0 Å². The molecule has 1 amide bonds. The summed E-state index contributed by atoms with van der Waals surface area (Å²) in [5, 5.41) is 1.15. The van der Waals surface area contributed by atoms with Crippen LogP contribution in [-0.2, 0) is 11.2 Å². The molecule has 0 fully saturated rings. The molecule has 6 nitrogen and oxygen atoms in total. The van der Waals surface area contributed by atoms with Crippen LogP contribution in [0.25, 0.3) is 0 Å². The molecule has 6 heteroatoms. The summed E-state index contributed by atoms with van der Waals surface area (Å²) < 4.78 is 0. The van der Waals surface area contributed by atoms with Gasteiger partial charge in [0.2, 0.25) is 11.7 Å². The fourth-order valence-electron chi connectivity index (χ4n) is 1.76. The van der Waals surface area contributed by atoms with Crippen molar-refractivity contribution in [3.8, 4) is 11.6 Å². The molecule has 0 aliphatic carbocycles. The Morgan fingerprint density at radius 3 is 2.74 bits per heavy atom. The van der Waals surface area contributed by atoms with Crippen LogP contribution < -0.4 is 15.4 Å². The van der Waals surface area contributed by atoms with Gasteiger partial charge in [0, 0.05) is 11.4 Å². The molecule has 1 unspecified atom stereocenters. The first-order chi connectivity index (χ1) is 8.89. The van der Waals surface area contributed by atoms with Crippen molar-refractivity contribution in [2.45, 2.75) is 39.7 Å². The first-order valence-electron chi connectivity index (χ1n) is 6.34. The number of hydrogen-bond donors (Lipinski definition) is 1. The van der Waals surface area contributed by atoms with Gasteiger partial charge in [-0.25, -0.2) is 4.98 Å². The maximum absolute atomic E-state index is 11.7. The number of nitrogens with zero attached hydrogens (tertiary/aromatic N) is 2. The van der Waals surface area contributed by atoms with Gasteiger partial charge in [-0.2, -0.15) is 0 Å². The molecule has 1 aliphatic rings. The minimum absolute atomic E-state index is 0.0787. The lowest BCUT2D eigenvalue weighted by Crippen LogP contribution is -2.60. The lowest BCUT2D eigenvalue weighted by molar-refractivity contribution is -0.288. The number of rotatable bonds is 4. The molecule has 0 saturated carbocycles. The standard InChI is InChI=1S/C13H19N3O3/c1-5-9-6-10-11(15-7-9)19-16(18-10)13(4,8(2)3)12(14)17/h6-8H,5H2,1-4H3,(H2,14,17). The predicted molar refractivity (Wildman–Crippen MR) is 69.1 cm³/mol. The van der Waals surface area contributed by atoms with E-state index in [2.05, 4.69) is 4.98 Å². The number of primary amides is 1. The topological polar surface area (TPSA) is 77.7 Å². The number of pyridine rings is 1. The minimum Gasteiger partial charge on any atom is -0.368 e. The summed E-state index contributed by atoms with van der Waals surface area (Å²) in [7, 11) is 0. The summed E-state index contributed by atoms with van der Waals surface area (Å²) >= 11 is 0. The van der Waals surface area contributed by atoms with Crippen molar-refractivity contribution in [1.29, 1.82) is 0 Å². The smallest absolute Gasteiger partial charge is 0.287 e. The van der Waals surface area contributed by atoms with Crippen LogP contribution in [0, 0.1) is 5.92 Å². The van der Waals surface area contributed by atoms with Crippen molar-refractivity contribution in [1.82, 2.24) is 10.2 Å².